The first kappa shape index (κ1) is 20.9. The molecule has 28 heavy (non-hydrogen) atoms. The van der Waals surface area contributed by atoms with Crippen molar-refractivity contribution in [3.8, 4) is 5.75 Å². The van der Waals surface area contributed by atoms with Crippen LogP contribution in [0.1, 0.15) is 76.5 Å². The maximum absolute atomic E-state index is 11.1. The van der Waals surface area contributed by atoms with Crippen LogP contribution in [0, 0.1) is 12.8 Å². The second-order valence-corrected chi connectivity index (χ2v) is 9.22. The largest absolute Gasteiger partial charge is 0.490 e. The smallest absolute Gasteiger partial charge is 0.119 e. The van der Waals surface area contributed by atoms with Gasteiger partial charge < -0.3 is 9.84 Å². The average molecular weight is 381 g/mol. The molecule has 3 atom stereocenters. The molecule has 2 nitrogen and oxygen atoms in total. The Morgan fingerprint density at radius 1 is 0.964 bits per heavy atom. The molecule has 3 rings (SSSR count). The zero-order chi connectivity index (χ0) is 20.4. The topological polar surface area (TPSA) is 29.5 Å². The Morgan fingerprint density at radius 2 is 1.50 bits per heavy atom. The second-order valence-electron chi connectivity index (χ2n) is 9.22. The second kappa shape index (κ2) is 8.29. The lowest BCUT2D eigenvalue weighted by Crippen LogP contribution is -2.45. The van der Waals surface area contributed by atoms with Crippen LogP contribution in [0.3, 0.4) is 0 Å². The lowest BCUT2D eigenvalue weighted by Gasteiger charge is -2.47. The molecule has 0 amide bonds. The van der Waals surface area contributed by atoms with Crippen LogP contribution in [0.5, 0.6) is 5.75 Å². The van der Waals surface area contributed by atoms with Crippen LogP contribution in [0.25, 0.3) is 0 Å². The van der Waals surface area contributed by atoms with Crippen LogP contribution in [0.15, 0.2) is 48.5 Å². The van der Waals surface area contributed by atoms with Crippen LogP contribution < -0.4 is 4.74 Å². The Bertz CT molecular complexity index is 756. The number of aliphatic hydroxyl groups is 1. The lowest BCUT2D eigenvalue weighted by molar-refractivity contribution is -0.0208. The number of hydrogen-bond acceptors (Lipinski definition) is 2. The first-order valence-corrected chi connectivity index (χ1v) is 10.8. The Labute approximate surface area is 170 Å². The first-order chi connectivity index (χ1) is 13.3. The van der Waals surface area contributed by atoms with Gasteiger partial charge in [-0.15, -0.1) is 0 Å². The summed E-state index contributed by atoms with van der Waals surface area (Å²) in [7, 11) is 0. The third-order valence-electron chi connectivity index (χ3n) is 6.39. The van der Waals surface area contributed by atoms with Crippen LogP contribution in [0.4, 0.5) is 0 Å². The summed E-state index contributed by atoms with van der Waals surface area (Å²) in [6.45, 7) is 10.7. The van der Waals surface area contributed by atoms with Crippen molar-refractivity contribution in [3.05, 3.63) is 65.2 Å². The highest BCUT2D eigenvalue weighted by atomic mass is 16.5. The highest BCUT2D eigenvalue weighted by molar-refractivity contribution is 5.43. The van der Waals surface area contributed by atoms with Crippen LogP contribution >= 0.6 is 0 Å². The van der Waals surface area contributed by atoms with E-state index in [1.165, 1.54) is 16.7 Å². The van der Waals surface area contributed by atoms with Gasteiger partial charge in [-0.25, -0.2) is 0 Å². The molecule has 0 saturated heterocycles. The summed E-state index contributed by atoms with van der Waals surface area (Å²) in [6.07, 6.45) is 4.97. The molecule has 0 radical (unpaired) electrons. The molecule has 0 spiro atoms. The Morgan fingerprint density at radius 3 is 2.00 bits per heavy atom. The van der Waals surface area contributed by atoms with E-state index in [9.17, 15) is 5.11 Å². The maximum atomic E-state index is 11.1. The van der Waals surface area contributed by atoms with Crippen molar-refractivity contribution >= 4 is 0 Å². The summed E-state index contributed by atoms with van der Waals surface area (Å²) in [6, 6.07) is 17.5. The van der Waals surface area contributed by atoms with Gasteiger partial charge in [0.1, 0.15) is 5.75 Å². The van der Waals surface area contributed by atoms with Gasteiger partial charge in [0.15, 0.2) is 0 Å². The van der Waals surface area contributed by atoms with Gasteiger partial charge in [0.05, 0.1) is 11.7 Å². The molecule has 0 bridgehead atoms. The number of aryl methyl sites for hydroxylation is 1. The highest BCUT2D eigenvalue weighted by Crippen LogP contribution is 2.50. The lowest BCUT2D eigenvalue weighted by atomic mass is 9.58. The summed E-state index contributed by atoms with van der Waals surface area (Å²) < 4.78 is 6.12. The fourth-order valence-corrected chi connectivity index (χ4v) is 5.19. The van der Waals surface area contributed by atoms with Gasteiger partial charge in [-0.3, -0.25) is 0 Å². The molecule has 1 fully saturated rings. The van der Waals surface area contributed by atoms with Crippen molar-refractivity contribution in [1.29, 1.82) is 0 Å². The minimum atomic E-state index is -0.659. The van der Waals surface area contributed by atoms with E-state index >= 15 is 0 Å². The zero-order valence-corrected chi connectivity index (χ0v) is 18.2. The number of rotatable bonds is 6. The maximum Gasteiger partial charge on any atom is 0.119 e. The summed E-state index contributed by atoms with van der Waals surface area (Å²) in [5, 5.41) is 11.1. The van der Waals surface area contributed by atoms with Crippen LogP contribution in [-0.4, -0.2) is 16.8 Å². The van der Waals surface area contributed by atoms with Crippen molar-refractivity contribution in [2.75, 3.05) is 0 Å². The van der Waals surface area contributed by atoms with E-state index in [1.807, 2.05) is 6.92 Å². The first-order valence-electron chi connectivity index (χ1n) is 10.8. The van der Waals surface area contributed by atoms with E-state index in [0.29, 0.717) is 5.92 Å². The minimum absolute atomic E-state index is 0.164. The summed E-state index contributed by atoms with van der Waals surface area (Å²) >= 11 is 0. The quantitative estimate of drug-likeness (QED) is 0.626. The average Bonchev–Trinajstić information content (AvgIpc) is 2.65. The van der Waals surface area contributed by atoms with Crippen molar-refractivity contribution in [2.45, 2.75) is 83.8 Å². The fraction of sp³-hybridized carbons (Fsp3) is 0.538. The predicted molar refractivity (Wildman–Crippen MR) is 117 cm³/mol. The van der Waals surface area contributed by atoms with Gasteiger partial charge in [-0.05, 0) is 75.1 Å². The standard InChI is InChI=1S/C26H36O2/c1-6-23(7-2)28-24-14-12-22(13-15-24)26(21-10-8-19(3)9-11-21)17-20(4)16-25(5,27)18-26/h8-15,20,23,27H,6-7,16-18H2,1-5H3. The third-order valence-corrected chi connectivity index (χ3v) is 6.39. The molecule has 1 N–H and O–H groups in total. The molecule has 2 aromatic carbocycles. The molecule has 1 saturated carbocycles. The molecule has 0 heterocycles. The monoisotopic (exact) mass is 380 g/mol. The normalized spacial score (nSPS) is 27.8. The van der Waals surface area contributed by atoms with Crippen molar-refractivity contribution < 1.29 is 9.84 Å². The fourth-order valence-electron chi connectivity index (χ4n) is 5.19. The SMILES string of the molecule is CCC(CC)Oc1ccc(C2(c3ccc(C)cc3)CC(C)CC(C)(O)C2)cc1. The Balaban J connectivity index is 2.01. The third kappa shape index (κ3) is 4.43. The van der Waals surface area contributed by atoms with E-state index < -0.39 is 5.60 Å². The molecular formula is C26H36O2. The molecule has 2 heteroatoms. The summed E-state index contributed by atoms with van der Waals surface area (Å²) in [5.74, 6) is 1.40. The number of hydrogen-bond donors (Lipinski definition) is 1. The van der Waals surface area contributed by atoms with Gasteiger partial charge in [0.25, 0.3) is 0 Å². The Kier molecular flexibility index (Phi) is 6.19. The highest BCUT2D eigenvalue weighted by Gasteiger charge is 2.46. The molecule has 0 aromatic heterocycles. The molecule has 1 aliphatic carbocycles. The summed E-state index contributed by atoms with van der Waals surface area (Å²) in [5.41, 5.74) is 3.03. The van der Waals surface area contributed by atoms with Gasteiger partial charge in [0.2, 0.25) is 0 Å². The molecule has 2 aromatic rings. The van der Waals surface area contributed by atoms with E-state index in [4.69, 9.17) is 4.74 Å². The molecular weight excluding hydrogens is 344 g/mol. The van der Waals surface area contributed by atoms with Crippen molar-refractivity contribution in [2.24, 2.45) is 5.92 Å². The van der Waals surface area contributed by atoms with Gasteiger partial charge in [-0.1, -0.05) is 62.7 Å². The van der Waals surface area contributed by atoms with Gasteiger partial charge >= 0.3 is 0 Å². The van der Waals surface area contributed by atoms with Crippen LogP contribution in [0.2, 0.25) is 0 Å². The summed E-state index contributed by atoms with van der Waals surface area (Å²) in [4.78, 5) is 0. The van der Waals surface area contributed by atoms with E-state index in [1.54, 1.807) is 0 Å². The van der Waals surface area contributed by atoms with Gasteiger partial charge in [0, 0.05) is 5.41 Å². The number of benzene rings is 2. The van der Waals surface area contributed by atoms with Gasteiger partial charge in [-0.2, -0.15) is 0 Å². The molecule has 3 unspecified atom stereocenters. The molecule has 152 valence electrons. The zero-order valence-electron chi connectivity index (χ0n) is 18.2. The van der Waals surface area contributed by atoms with E-state index in [0.717, 1.165) is 37.9 Å². The molecule has 0 aliphatic heterocycles. The van der Waals surface area contributed by atoms with Crippen molar-refractivity contribution in [3.63, 3.8) is 0 Å². The van der Waals surface area contributed by atoms with Crippen molar-refractivity contribution in [1.82, 2.24) is 0 Å². The van der Waals surface area contributed by atoms with E-state index in [-0.39, 0.29) is 11.5 Å². The predicted octanol–water partition coefficient (Wildman–Crippen LogP) is 6.42. The van der Waals surface area contributed by atoms with Crippen LogP contribution in [-0.2, 0) is 5.41 Å². The number of ether oxygens (including phenoxy) is 1. The van der Waals surface area contributed by atoms with E-state index in [2.05, 4.69) is 76.2 Å². The Hall–Kier alpha value is -1.80. The molecule has 1 aliphatic rings. The minimum Gasteiger partial charge on any atom is -0.490 e.